The van der Waals surface area contributed by atoms with Crippen molar-refractivity contribution in [2.24, 2.45) is 16.4 Å². The summed E-state index contributed by atoms with van der Waals surface area (Å²) >= 11 is 0. The molecule has 5 heteroatoms. The van der Waals surface area contributed by atoms with E-state index in [9.17, 15) is 4.79 Å². The molecule has 1 aliphatic carbocycles. The lowest BCUT2D eigenvalue weighted by Crippen LogP contribution is -2.27. The van der Waals surface area contributed by atoms with Gasteiger partial charge in [-0.3, -0.25) is 4.79 Å². The van der Waals surface area contributed by atoms with E-state index < -0.39 is 0 Å². The zero-order valence-corrected chi connectivity index (χ0v) is 15.3. The van der Waals surface area contributed by atoms with Crippen LogP contribution in [0.3, 0.4) is 0 Å². The highest BCUT2D eigenvalue weighted by Gasteiger charge is 2.28. The Morgan fingerprint density at radius 2 is 1.75 bits per heavy atom. The van der Waals surface area contributed by atoms with Crippen LogP contribution in [0.15, 0.2) is 23.3 Å². The SMILES string of the molecule is COc1ccc(C(=O)NN=C2CCC(C(C)(C)C)CC2)cc1OC. The van der Waals surface area contributed by atoms with Gasteiger partial charge in [0.05, 0.1) is 14.2 Å². The first kappa shape index (κ1) is 18.3. The second kappa shape index (κ2) is 7.69. The van der Waals surface area contributed by atoms with Crippen LogP contribution in [0, 0.1) is 11.3 Å². The second-order valence-corrected chi connectivity index (χ2v) is 7.33. The molecule has 2 rings (SSSR count). The number of carbonyl (C=O) groups is 1. The minimum Gasteiger partial charge on any atom is -0.493 e. The van der Waals surface area contributed by atoms with E-state index in [-0.39, 0.29) is 5.91 Å². The Balaban J connectivity index is 1.96. The minimum absolute atomic E-state index is 0.235. The Bertz CT molecular complexity index is 608. The standard InChI is InChI=1S/C19H28N2O3/c1-19(2,3)14-7-9-15(10-8-14)20-21-18(22)13-6-11-16(23-4)17(12-13)24-5/h6,11-12,14H,7-10H2,1-5H3,(H,21,22). The quantitative estimate of drug-likeness (QED) is 0.847. The first-order chi connectivity index (χ1) is 11.3. The Labute approximate surface area is 144 Å². The van der Waals surface area contributed by atoms with E-state index >= 15 is 0 Å². The van der Waals surface area contributed by atoms with Gasteiger partial charge in [-0.2, -0.15) is 5.10 Å². The fraction of sp³-hybridized carbons (Fsp3) is 0.579. The molecule has 132 valence electrons. The molecule has 1 fully saturated rings. The average Bonchev–Trinajstić information content (AvgIpc) is 2.58. The van der Waals surface area contributed by atoms with Gasteiger partial charge >= 0.3 is 0 Å². The summed E-state index contributed by atoms with van der Waals surface area (Å²) in [5, 5.41) is 4.32. The largest absolute Gasteiger partial charge is 0.493 e. The van der Waals surface area contributed by atoms with Gasteiger partial charge in [-0.05, 0) is 55.2 Å². The van der Waals surface area contributed by atoms with Crippen LogP contribution in [0.4, 0.5) is 0 Å². The molecule has 5 nitrogen and oxygen atoms in total. The Morgan fingerprint density at radius 3 is 2.29 bits per heavy atom. The van der Waals surface area contributed by atoms with Crippen LogP contribution in [0.2, 0.25) is 0 Å². The highest BCUT2D eigenvalue weighted by atomic mass is 16.5. The van der Waals surface area contributed by atoms with Gasteiger partial charge in [-0.1, -0.05) is 20.8 Å². The molecule has 0 aliphatic heterocycles. The van der Waals surface area contributed by atoms with E-state index in [2.05, 4.69) is 31.3 Å². The van der Waals surface area contributed by atoms with Gasteiger partial charge < -0.3 is 9.47 Å². The van der Waals surface area contributed by atoms with Gasteiger partial charge in [-0.25, -0.2) is 5.43 Å². The molecule has 0 radical (unpaired) electrons. The third kappa shape index (κ3) is 4.49. The number of rotatable bonds is 4. The summed E-state index contributed by atoms with van der Waals surface area (Å²) in [4.78, 5) is 12.3. The number of benzene rings is 1. The number of amides is 1. The van der Waals surface area contributed by atoms with Gasteiger partial charge in [-0.15, -0.1) is 0 Å². The second-order valence-electron chi connectivity index (χ2n) is 7.33. The smallest absolute Gasteiger partial charge is 0.271 e. The van der Waals surface area contributed by atoms with Crippen LogP contribution >= 0.6 is 0 Å². The first-order valence-electron chi connectivity index (χ1n) is 8.43. The molecule has 0 unspecified atom stereocenters. The zero-order chi connectivity index (χ0) is 17.7. The molecule has 0 atom stereocenters. The molecule has 1 N–H and O–H groups in total. The Hall–Kier alpha value is -2.04. The molecule has 1 aromatic carbocycles. The number of hydrogen-bond acceptors (Lipinski definition) is 4. The van der Waals surface area contributed by atoms with Crippen LogP contribution in [-0.2, 0) is 0 Å². The lowest BCUT2D eigenvalue weighted by atomic mass is 9.72. The molecular formula is C19H28N2O3. The number of carbonyl (C=O) groups excluding carboxylic acids is 1. The summed E-state index contributed by atoms with van der Waals surface area (Å²) < 4.78 is 10.4. The van der Waals surface area contributed by atoms with E-state index in [0.29, 0.717) is 22.5 Å². The number of nitrogens with zero attached hydrogens (tertiary/aromatic N) is 1. The predicted molar refractivity (Wildman–Crippen MR) is 95.9 cm³/mol. The third-order valence-electron chi connectivity index (χ3n) is 4.75. The maximum Gasteiger partial charge on any atom is 0.271 e. The van der Waals surface area contributed by atoms with Gasteiger partial charge in [0.2, 0.25) is 0 Å². The summed E-state index contributed by atoms with van der Waals surface area (Å²) in [7, 11) is 3.12. The van der Waals surface area contributed by atoms with Crippen LogP contribution in [0.5, 0.6) is 11.5 Å². The van der Waals surface area contributed by atoms with Crippen molar-refractivity contribution in [1.29, 1.82) is 0 Å². The van der Waals surface area contributed by atoms with Gasteiger partial charge in [0, 0.05) is 11.3 Å². The van der Waals surface area contributed by atoms with E-state index in [0.717, 1.165) is 37.3 Å². The molecule has 0 heterocycles. The van der Waals surface area contributed by atoms with E-state index in [4.69, 9.17) is 9.47 Å². The van der Waals surface area contributed by atoms with E-state index in [1.165, 1.54) is 0 Å². The lowest BCUT2D eigenvalue weighted by molar-refractivity contribution is 0.0954. The van der Waals surface area contributed by atoms with Crippen molar-refractivity contribution in [1.82, 2.24) is 5.43 Å². The van der Waals surface area contributed by atoms with Crippen LogP contribution in [-0.4, -0.2) is 25.8 Å². The fourth-order valence-corrected chi connectivity index (χ4v) is 3.10. The van der Waals surface area contributed by atoms with E-state index in [1.807, 2.05) is 0 Å². The predicted octanol–water partition coefficient (Wildman–Crippen LogP) is 4.03. The first-order valence-corrected chi connectivity index (χ1v) is 8.43. The molecule has 0 bridgehead atoms. The van der Waals surface area contributed by atoms with Crippen LogP contribution in [0.25, 0.3) is 0 Å². The molecule has 1 aromatic rings. The summed E-state index contributed by atoms with van der Waals surface area (Å²) in [5.41, 5.74) is 4.58. The van der Waals surface area contributed by atoms with Crippen molar-refractivity contribution in [3.63, 3.8) is 0 Å². The molecule has 1 aliphatic rings. The summed E-state index contributed by atoms with van der Waals surface area (Å²) in [6.45, 7) is 6.87. The summed E-state index contributed by atoms with van der Waals surface area (Å²) in [5.74, 6) is 1.61. The van der Waals surface area contributed by atoms with Gasteiger partial charge in [0.15, 0.2) is 11.5 Å². The van der Waals surface area contributed by atoms with Gasteiger partial charge in [0.1, 0.15) is 0 Å². The lowest BCUT2D eigenvalue weighted by Gasteiger charge is -2.34. The normalized spacial score (nSPS) is 18.0. The van der Waals surface area contributed by atoms with Crippen molar-refractivity contribution < 1.29 is 14.3 Å². The molecule has 1 amide bonds. The minimum atomic E-state index is -0.235. The van der Waals surface area contributed by atoms with Crippen molar-refractivity contribution in [3.05, 3.63) is 23.8 Å². The molecule has 1 saturated carbocycles. The number of ether oxygens (including phenoxy) is 2. The molecular weight excluding hydrogens is 304 g/mol. The van der Waals surface area contributed by atoms with Crippen LogP contribution < -0.4 is 14.9 Å². The average molecular weight is 332 g/mol. The van der Waals surface area contributed by atoms with Crippen molar-refractivity contribution >= 4 is 11.6 Å². The van der Waals surface area contributed by atoms with Crippen molar-refractivity contribution in [3.8, 4) is 11.5 Å². The number of methoxy groups -OCH3 is 2. The highest BCUT2D eigenvalue weighted by molar-refractivity contribution is 5.96. The Kier molecular flexibility index (Phi) is 5.86. The zero-order valence-electron chi connectivity index (χ0n) is 15.3. The monoisotopic (exact) mass is 332 g/mol. The summed E-state index contributed by atoms with van der Waals surface area (Å²) in [6.07, 6.45) is 4.17. The van der Waals surface area contributed by atoms with E-state index in [1.54, 1.807) is 32.4 Å². The van der Waals surface area contributed by atoms with Crippen LogP contribution in [0.1, 0.15) is 56.8 Å². The maximum absolute atomic E-state index is 12.3. The maximum atomic E-state index is 12.3. The molecule has 0 aromatic heterocycles. The number of nitrogens with one attached hydrogen (secondary N) is 1. The van der Waals surface area contributed by atoms with Crippen molar-refractivity contribution in [2.75, 3.05) is 14.2 Å². The Morgan fingerprint density at radius 1 is 1.12 bits per heavy atom. The van der Waals surface area contributed by atoms with Crippen molar-refractivity contribution in [2.45, 2.75) is 46.5 Å². The third-order valence-corrected chi connectivity index (χ3v) is 4.75. The highest BCUT2D eigenvalue weighted by Crippen LogP contribution is 2.36. The number of hydrogen-bond donors (Lipinski definition) is 1. The number of hydrazone groups is 1. The molecule has 24 heavy (non-hydrogen) atoms. The molecule has 0 saturated heterocycles. The topological polar surface area (TPSA) is 59.9 Å². The van der Waals surface area contributed by atoms with Gasteiger partial charge in [0.25, 0.3) is 5.91 Å². The summed E-state index contributed by atoms with van der Waals surface area (Å²) in [6, 6.07) is 5.08. The fourth-order valence-electron chi connectivity index (χ4n) is 3.10. The molecule has 0 spiro atoms.